The molecule has 1 aromatic carbocycles. The van der Waals surface area contributed by atoms with Crippen LogP contribution in [0.2, 0.25) is 0 Å². The first-order valence-corrected chi connectivity index (χ1v) is 5.25. The van der Waals surface area contributed by atoms with Gasteiger partial charge < -0.3 is 15.5 Å². The van der Waals surface area contributed by atoms with Crippen molar-refractivity contribution in [2.45, 2.75) is 13.5 Å². The molecule has 90 valence electrons. The molecule has 0 amide bonds. The average molecular weight is 235 g/mol. The number of nitrogens with zero attached hydrogens (tertiary/aromatic N) is 1. The van der Waals surface area contributed by atoms with Crippen molar-refractivity contribution in [1.29, 1.82) is 0 Å². The average Bonchev–Trinajstić information content (AvgIpc) is 2.70. The molecule has 0 aliphatic heterocycles. The second kappa shape index (κ2) is 4.55. The number of hydrogen-bond acceptors (Lipinski definition) is 3. The molecule has 0 radical (unpaired) electrons. The van der Waals surface area contributed by atoms with Crippen LogP contribution in [0.25, 0.3) is 11.3 Å². The topological polar surface area (TPSA) is 63.9 Å². The van der Waals surface area contributed by atoms with Crippen molar-refractivity contribution in [3.63, 3.8) is 0 Å². The fourth-order valence-electron chi connectivity index (χ4n) is 1.75. The molecule has 4 nitrogen and oxygen atoms in total. The van der Waals surface area contributed by atoms with Crippen molar-refractivity contribution in [2.75, 3.05) is 7.11 Å². The summed E-state index contributed by atoms with van der Waals surface area (Å²) >= 11 is 0. The van der Waals surface area contributed by atoms with Gasteiger partial charge in [-0.3, -0.25) is 0 Å². The largest absolute Gasteiger partial charge is 0.496 e. The molecule has 1 aromatic heterocycles. The number of ether oxygens (including phenoxy) is 1. The van der Waals surface area contributed by atoms with Crippen LogP contribution in [0.5, 0.6) is 5.75 Å². The Balaban J connectivity index is 2.58. The minimum Gasteiger partial charge on any atom is -0.496 e. The highest BCUT2D eigenvalue weighted by molar-refractivity contribution is 5.69. The van der Waals surface area contributed by atoms with Gasteiger partial charge in [-0.1, -0.05) is 0 Å². The van der Waals surface area contributed by atoms with Crippen molar-refractivity contribution in [3.05, 3.63) is 35.5 Å². The van der Waals surface area contributed by atoms with Gasteiger partial charge in [-0.05, 0) is 25.1 Å². The molecule has 2 rings (SSSR count). The predicted octanol–water partition coefficient (Wildman–Crippen LogP) is 1.99. The molecule has 0 bridgehead atoms. The van der Waals surface area contributed by atoms with E-state index in [9.17, 15) is 4.39 Å². The zero-order valence-corrected chi connectivity index (χ0v) is 9.75. The van der Waals surface area contributed by atoms with Gasteiger partial charge in [0.25, 0.3) is 0 Å². The SMILES string of the molecule is COc1ccc(F)cc1-c1nc(CN)[nH]c1C. The Bertz CT molecular complexity index is 537. The van der Waals surface area contributed by atoms with E-state index in [2.05, 4.69) is 9.97 Å². The van der Waals surface area contributed by atoms with E-state index >= 15 is 0 Å². The summed E-state index contributed by atoms with van der Waals surface area (Å²) in [5.74, 6) is 0.936. The molecule has 17 heavy (non-hydrogen) atoms. The van der Waals surface area contributed by atoms with Gasteiger partial charge in [0.2, 0.25) is 0 Å². The van der Waals surface area contributed by atoms with Crippen molar-refractivity contribution in [2.24, 2.45) is 5.73 Å². The summed E-state index contributed by atoms with van der Waals surface area (Å²) in [4.78, 5) is 7.37. The van der Waals surface area contributed by atoms with Gasteiger partial charge in [-0.15, -0.1) is 0 Å². The van der Waals surface area contributed by atoms with E-state index in [0.717, 1.165) is 5.69 Å². The molecule has 2 aromatic rings. The number of aromatic nitrogens is 2. The Morgan fingerprint density at radius 2 is 2.24 bits per heavy atom. The highest BCUT2D eigenvalue weighted by Gasteiger charge is 2.13. The Hall–Kier alpha value is -1.88. The monoisotopic (exact) mass is 235 g/mol. The third-order valence-electron chi connectivity index (χ3n) is 2.54. The lowest BCUT2D eigenvalue weighted by atomic mass is 10.1. The quantitative estimate of drug-likeness (QED) is 0.855. The number of methoxy groups -OCH3 is 1. The summed E-state index contributed by atoms with van der Waals surface area (Å²) in [5, 5.41) is 0. The summed E-state index contributed by atoms with van der Waals surface area (Å²) in [7, 11) is 1.54. The maximum atomic E-state index is 13.3. The first-order valence-electron chi connectivity index (χ1n) is 5.25. The Labute approximate surface area is 98.6 Å². The standard InChI is InChI=1S/C12H14FN3O/c1-7-12(16-11(6-14)15-7)9-5-8(13)3-4-10(9)17-2/h3-5H,6,14H2,1-2H3,(H,15,16). The lowest BCUT2D eigenvalue weighted by Gasteiger charge is -2.06. The van der Waals surface area contributed by atoms with E-state index in [1.807, 2.05) is 6.92 Å². The third-order valence-corrected chi connectivity index (χ3v) is 2.54. The van der Waals surface area contributed by atoms with Gasteiger partial charge in [0.1, 0.15) is 17.4 Å². The van der Waals surface area contributed by atoms with Crippen molar-refractivity contribution < 1.29 is 9.13 Å². The molecule has 0 aliphatic rings. The molecule has 0 saturated carbocycles. The van der Waals surface area contributed by atoms with Crippen LogP contribution in [0.1, 0.15) is 11.5 Å². The number of aromatic amines is 1. The van der Waals surface area contributed by atoms with Gasteiger partial charge in [0.05, 0.1) is 19.3 Å². The van der Waals surface area contributed by atoms with Crippen molar-refractivity contribution in [1.82, 2.24) is 9.97 Å². The van der Waals surface area contributed by atoms with Crippen LogP contribution in [-0.4, -0.2) is 17.1 Å². The molecule has 3 N–H and O–H groups in total. The highest BCUT2D eigenvalue weighted by atomic mass is 19.1. The molecule has 0 saturated heterocycles. The number of H-pyrrole nitrogens is 1. The number of nitrogens with two attached hydrogens (primary N) is 1. The lowest BCUT2D eigenvalue weighted by Crippen LogP contribution is -1.98. The number of aryl methyl sites for hydroxylation is 1. The van der Waals surface area contributed by atoms with E-state index < -0.39 is 0 Å². The molecule has 0 unspecified atom stereocenters. The number of benzene rings is 1. The summed E-state index contributed by atoms with van der Waals surface area (Å²) in [6.07, 6.45) is 0. The van der Waals surface area contributed by atoms with Crippen LogP contribution in [0.3, 0.4) is 0 Å². The molecule has 0 spiro atoms. The van der Waals surface area contributed by atoms with Crippen LogP contribution in [0.4, 0.5) is 4.39 Å². The maximum Gasteiger partial charge on any atom is 0.128 e. The number of nitrogens with one attached hydrogen (secondary N) is 1. The number of hydrogen-bond donors (Lipinski definition) is 2. The first-order chi connectivity index (χ1) is 8.15. The van der Waals surface area contributed by atoms with Gasteiger partial charge in [-0.25, -0.2) is 9.37 Å². The molecule has 0 fully saturated rings. The minimum absolute atomic E-state index is 0.318. The minimum atomic E-state index is -0.322. The summed E-state index contributed by atoms with van der Waals surface area (Å²) in [6.45, 7) is 2.18. The Kier molecular flexibility index (Phi) is 3.10. The van der Waals surface area contributed by atoms with Crippen molar-refractivity contribution >= 4 is 0 Å². The van der Waals surface area contributed by atoms with E-state index in [4.69, 9.17) is 10.5 Å². The van der Waals surface area contributed by atoms with Crippen LogP contribution < -0.4 is 10.5 Å². The maximum absolute atomic E-state index is 13.3. The van der Waals surface area contributed by atoms with Crippen LogP contribution >= 0.6 is 0 Å². The lowest BCUT2D eigenvalue weighted by molar-refractivity contribution is 0.415. The normalized spacial score (nSPS) is 10.6. The second-order valence-electron chi connectivity index (χ2n) is 3.71. The van der Waals surface area contributed by atoms with Crippen LogP contribution in [0, 0.1) is 12.7 Å². The van der Waals surface area contributed by atoms with Gasteiger partial charge >= 0.3 is 0 Å². The fourth-order valence-corrected chi connectivity index (χ4v) is 1.75. The Morgan fingerprint density at radius 3 is 2.82 bits per heavy atom. The zero-order valence-electron chi connectivity index (χ0n) is 9.75. The van der Waals surface area contributed by atoms with Gasteiger partial charge in [0, 0.05) is 11.3 Å². The van der Waals surface area contributed by atoms with E-state index in [1.165, 1.54) is 12.1 Å². The Morgan fingerprint density at radius 1 is 1.47 bits per heavy atom. The number of imidazole rings is 1. The first kappa shape index (κ1) is 11.6. The van der Waals surface area contributed by atoms with E-state index in [1.54, 1.807) is 13.2 Å². The van der Waals surface area contributed by atoms with Gasteiger partial charge in [-0.2, -0.15) is 0 Å². The highest BCUT2D eigenvalue weighted by Crippen LogP contribution is 2.31. The van der Waals surface area contributed by atoms with Crippen LogP contribution in [-0.2, 0) is 6.54 Å². The molecular weight excluding hydrogens is 221 g/mol. The molecule has 1 heterocycles. The van der Waals surface area contributed by atoms with Gasteiger partial charge in [0.15, 0.2) is 0 Å². The number of rotatable bonds is 3. The number of halogens is 1. The molecule has 5 heteroatoms. The third kappa shape index (κ3) is 2.14. The summed E-state index contributed by atoms with van der Waals surface area (Å²) in [6, 6.07) is 4.34. The van der Waals surface area contributed by atoms with E-state index in [0.29, 0.717) is 29.4 Å². The fraction of sp³-hybridized carbons (Fsp3) is 0.250. The molecule has 0 aliphatic carbocycles. The molecular formula is C12H14FN3O. The predicted molar refractivity (Wildman–Crippen MR) is 63.2 cm³/mol. The van der Waals surface area contributed by atoms with Crippen LogP contribution in [0.15, 0.2) is 18.2 Å². The second-order valence-corrected chi connectivity index (χ2v) is 3.71. The molecule has 0 atom stereocenters. The van der Waals surface area contributed by atoms with E-state index in [-0.39, 0.29) is 5.82 Å². The van der Waals surface area contributed by atoms with Crippen molar-refractivity contribution in [3.8, 4) is 17.0 Å². The zero-order chi connectivity index (χ0) is 12.4. The summed E-state index contributed by atoms with van der Waals surface area (Å²) in [5.41, 5.74) is 7.65. The smallest absolute Gasteiger partial charge is 0.128 e. The summed E-state index contributed by atoms with van der Waals surface area (Å²) < 4.78 is 18.5.